The molecule has 122 valence electrons. The molecule has 0 spiro atoms. The molecule has 0 aliphatic rings. The second kappa shape index (κ2) is 6.62. The van der Waals surface area contributed by atoms with Gasteiger partial charge in [-0.2, -0.15) is 0 Å². The Hall–Kier alpha value is -2.67. The number of hydrogen-bond acceptors (Lipinski definition) is 5. The van der Waals surface area contributed by atoms with Gasteiger partial charge in [-0.3, -0.25) is 23.6 Å². The smallest absolute Gasteiger partial charge is 0.332 e. The molecule has 0 saturated heterocycles. The number of nitrogens with two attached hydrogens (primary N) is 1. The lowest BCUT2D eigenvalue weighted by molar-refractivity contribution is 0.0941. The Labute approximate surface area is 133 Å². The van der Waals surface area contributed by atoms with E-state index in [1.54, 1.807) is 11.9 Å². The zero-order valence-corrected chi connectivity index (χ0v) is 13.4. The van der Waals surface area contributed by atoms with E-state index in [1.807, 2.05) is 30.3 Å². The Morgan fingerprint density at radius 3 is 2.35 bits per heavy atom. The number of aromatic nitrogens is 2. The molecule has 2 rings (SSSR count). The maximum atomic E-state index is 12.5. The molecule has 1 aromatic carbocycles. The van der Waals surface area contributed by atoms with E-state index in [4.69, 9.17) is 5.73 Å². The zero-order valence-electron chi connectivity index (χ0n) is 13.4. The molecule has 1 aromatic heterocycles. The number of likely N-dealkylation sites (N-methyl/N-ethyl adjacent to an activating group) is 1. The SMILES string of the molecule is CN(CC(=O)c1c(N)n(C)c(=O)n(C)c1=O)Cc1ccccc1. The normalized spacial score (nSPS) is 11.0. The Morgan fingerprint density at radius 1 is 1.13 bits per heavy atom. The van der Waals surface area contributed by atoms with Crippen LogP contribution < -0.4 is 17.0 Å². The summed E-state index contributed by atoms with van der Waals surface area (Å²) < 4.78 is 1.99. The van der Waals surface area contributed by atoms with Crippen LogP contribution in [-0.4, -0.2) is 33.4 Å². The molecule has 0 saturated carbocycles. The predicted molar refractivity (Wildman–Crippen MR) is 88.4 cm³/mol. The second-order valence-electron chi connectivity index (χ2n) is 5.55. The first-order valence-electron chi connectivity index (χ1n) is 7.14. The second-order valence-corrected chi connectivity index (χ2v) is 5.55. The Kier molecular flexibility index (Phi) is 4.80. The van der Waals surface area contributed by atoms with Gasteiger partial charge in [0.05, 0.1) is 6.54 Å². The average molecular weight is 316 g/mol. The number of hydrogen-bond donors (Lipinski definition) is 1. The highest BCUT2D eigenvalue weighted by Gasteiger charge is 2.21. The van der Waals surface area contributed by atoms with E-state index < -0.39 is 17.0 Å². The van der Waals surface area contributed by atoms with E-state index >= 15 is 0 Å². The van der Waals surface area contributed by atoms with E-state index in [9.17, 15) is 14.4 Å². The van der Waals surface area contributed by atoms with E-state index in [0.717, 1.165) is 14.7 Å². The fourth-order valence-electron chi connectivity index (χ4n) is 2.40. The predicted octanol–water partition coefficient (Wildman–Crippen LogP) is -0.0191. The molecule has 0 amide bonds. The van der Waals surface area contributed by atoms with Gasteiger partial charge in [-0.15, -0.1) is 0 Å². The molecule has 0 aliphatic carbocycles. The van der Waals surface area contributed by atoms with Crippen molar-refractivity contribution in [1.82, 2.24) is 14.0 Å². The molecule has 0 fully saturated rings. The van der Waals surface area contributed by atoms with Crippen LogP contribution in [0.5, 0.6) is 0 Å². The number of nitrogen functional groups attached to an aromatic ring is 1. The van der Waals surface area contributed by atoms with Crippen molar-refractivity contribution in [2.24, 2.45) is 14.1 Å². The number of benzene rings is 1. The van der Waals surface area contributed by atoms with Gasteiger partial charge in [-0.1, -0.05) is 30.3 Å². The molecule has 0 aliphatic heterocycles. The first kappa shape index (κ1) is 16.7. The number of carbonyl (C=O) groups excluding carboxylic acids is 1. The third-order valence-electron chi connectivity index (χ3n) is 3.70. The molecule has 7 heteroatoms. The molecule has 1 heterocycles. The van der Waals surface area contributed by atoms with Crippen molar-refractivity contribution >= 4 is 11.6 Å². The van der Waals surface area contributed by atoms with E-state index in [-0.39, 0.29) is 17.9 Å². The van der Waals surface area contributed by atoms with Crippen molar-refractivity contribution in [3.05, 3.63) is 62.3 Å². The van der Waals surface area contributed by atoms with Crippen molar-refractivity contribution in [3.63, 3.8) is 0 Å². The maximum Gasteiger partial charge on any atom is 0.332 e. The molecule has 7 nitrogen and oxygen atoms in total. The van der Waals surface area contributed by atoms with Crippen LogP contribution in [0.2, 0.25) is 0 Å². The first-order chi connectivity index (χ1) is 10.8. The average Bonchev–Trinajstić information content (AvgIpc) is 2.52. The van der Waals surface area contributed by atoms with E-state index in [1.165, 1.54) is 14.1 Å². The summed E-state index contributed by atoms with van der Waals surface area (Å²) in [7, 11) is 4.55. The number of ketones is 1. The van der Waals surface area contributed by atoms with Crippen LogP contribution >= 0.6 is 0 Å². The largest absolute Gasteiger partial charge is 0.384 e. The third kappa shape index (κ3) is 3.40. The van der Waals surface area contributed by atoms with Crippen molar-refractivity contribution in [2.75, 3.05) is 19.3 Å². The van der Waals surface area contributed by atoms with Gasteiger partial charge in [-0.05, 0) is 12.6 Å². The number of anilines is 1. The van der Waals surface area contributed by atoms with Gasteiger partial charge < -0.3 is 5.73 Å². The van der Waals surface area contributed by atoms with Gasteiger partial charge in [0.15, 0.2) is 5.78 Å². The summed E-state index contributed by atoms with van der Waals surface area (Å²) >= 11 is 0. The lowest BCUT2D eigenvalue weighted by Crippen LogP contribution is -2.43. The van der Waals surface area contributed by atoms with Crippen molar-refractivity contribution in [3.8, 4) is 0 Å². The standard InChI is InChI=1S/C16H20N4O3/c1-18(9-11-7-5-4-6-8-11)10-12(21)13-14(17)19(2)16(23)20(3)15(13)22/h4-8H,9-10,17H2,1-3H3. The van der Waals surface area contributed by atoms with E-state index in [2.05, 4.69) is 0 Å². The Balaban J connectivity index is 2.25. The fraction of sp³-hybridized carbons (Fsp3) is 0.312. The summed E-state index contributed by atoms with van der Waals surface area (Å²) in [4.78, 5) is 38.2. The molecule has 2 aromatic rings. The highest BCUT2D eigenvalue weighted by Crippen LogP contribution is 2.07. The van der Waals surface area contributed by atoms with Crippen molar-refractivity contribution < 1.29 is 4.79 Å². The van der Waals surface area contributed by atoms with Gasteiger partial charge in [0.25, 0.3) is 5.56 Å². The van der Waals surface area contributed by atoms with Crippen molar-refractivity contribution in [1.29, 1.82) is 0 Å². The third-order valence-corrected chi connectivity index (χ3v) is 3.70. The van der Waals surface area contributed by atoms with Gasteiger partial charge in [-0.25, -0.2) is 4.79 Å². The molecule has 0 radical (unpaired) electrons. The minimum Gasteiger partial charge on any atom is -0.384 e. The van der Waals surface area contributed by atoms with Crippen LogP contribution in [0.25, 0.3) is 0 Å². The lowest BCUT2D eigenvalue weighted by atomic mass is 10.1. The summed E-state index contributed by atoms with van der Waals surface area (Å²) in [6, 6.07) is 9.68. The van der Waals surface area contributed by atoms with Crippen molar-refractivity contribution in [2.45, 2.75) is 6.54 Å². The molecule has 0 bridgehead atoms. The minimum atomic E-state index is -0.663. The molecule has 23 heavy (non-hydrogen) atoms. The minimum absolute atomic E-state index is 0.0343. The van der Waals surface area contributed by atoms with Gasteiger partial charge in [0.2, 0.25) is 0 Å². The number of Topliss-reactive ketones (excluding diaryl/α,β-unsaturated/α-hetero) is 1. The zero-order chi connectivity index (χ0) is 17.1. The number of nitrogens with zero attached hydrogens (tertiary/aromatic N) is 3. The molecular formula is C16H20N4O3. The molecule has 2 N–H and O–H groups in total. The summed E-state index contributed by atoms with van der Waals surface area (Å²) in [6.07, 6.45) is 0. The van der Waals surface area contributed by atoms with Crippen LogP contribution in [0.15, 0.2) is 39.9 Å². The molecular weight excluding hydrogens is 296 g/mol. The summed E-state index contributed by atoms with van der Waals surface area (Å²) in [6.45, 7) is 0.602. The van der Waals surface area contributed by atoms with Gasteiger partial charge >= 0.3 is 5.69 Å². The first-order valence-corrected chi connectivity index (χ1v) is 7.14. The van der Waals surface area contributed by atoms with Crippen LogP contribution in [0.4, 0.5) is 5.82 Å². The maximum absolute atomic E-state index is 12.5. The van der Waals surface area contributed by atoms with Crippen LogP contribution in [0.3, 0.4) is 0 Å². The van der Waals surface area contributed by atoms with Gasteiger partial charge in [0, 0.05) is 20.6 Å². The summed E-state index contributed by atoms with van der Waals surface area (Å²) in [5.41, 5.74) is 5.49. The van der Waals surface area contributed by atoms with Crippen LogP contribution in [0, 0.1) is 0 Å². The quantitative estimate of drug-likeness (QED) is 0.783. The fourth-order valence-corrected chi connectivity index (χ4v) is 2.40. The lowest BCUT2D eigenvalue weighted by Gasteiger charge is -2.17. The summed E-state index contributed by atoms with van der Waals surface area (Å²) in [5.74, 6) is -0.506. The van der Waals surface area contributed by atoms with Crippen LogP contribution in [0.1, 0.15) is 15.9 Å². The monoisotopic (exact) mass is 316 g/mol. The molecule has 0 unspecified atom stereocenters. The van der Waals surface area contributed by atoms with Crippen LogP contribution in [-0.2, 0) is 20.6 Å². The summed E-state index contributed by atoms with van der Waals surface area (Å²) in [5, 5.41) is 0. The van der Waals surface area contributed by atoms with E-state index in [0.29, 0.717) is 6.54 Å². The Morgan fingerprint density at radius 2 is 1.74 bits per heavy atom. The molecule has 0 atom stereocenters. The topological polar surface area (TPSA) is 90.3 Å². The number of rotatable bonds is 5. The highest BCUT2D eigenvalue weighted by atomic mass is 16.2. The number of carbonyl (C=O) groups is 1. The Bertz CT molecular complexity index is 837. The van der Waals surface area contributed by atoms with Gasteiger partial charge in [0.1, 0.15) is 11.4 Å². The highest BCUT2D eigenvalue weighted by molar-refractivity contribution is 6.01.